The van der Waals surface area contributed by atoms with Gasteiger partial charge in [0.25, 0.3) is 0 Å². The summed E-state index contributed by atoms with van der Waals surface area (Å²) in [5.74, 6) is 0.726. The van der Waals surface area contributed by atoms with Crippen LogP contribution in [0.5, 0.6) is 5.75 Å². The minimum Gasteiger partial charge on any atom is -0.508 e. The molecule has 1 aromatic heterocycles. The van der Waals surface area contributed by atoms with Crippen LogP contribution in [-0.4, -0.2) is 23.2 Å². The van der Waals surface area contributed by atoms with Gasteiger partial charge in [0.05, 0.1) is 11.9 Å². The molecule has 1 fully saturated rings. The number of halogens is 1. The van der Waals surface area contributed by atoms with E-state index in [1.54, 1.807) is 6.20 Å². The number of phenols is 1. The maximum atomic E-state index is 13.1. The number of aromatic nitrogens is 1. The van der Waals surface area contributed by atoms with E-state index in [0.717, 1.165) is 24.6 Å². The second-order valence-electron chi connectivity index (χ2n) is 5.23. The van der Waals surface area contributed by atoms with Crippen molar-refractivity contribution in [3.8, 4) is 5.75 Å². The third-order valence-electron chi connectivity index (χ3n) is 3.70. The number of hydrogen-bond acceptors (Lipinski definition) is 4. The first-order chi connectivity index (χ1) is 10.2. The van der Waals surface area contributed by atoms with E-state index >= 15 is 0 Å². The van der Waals surface area contributed by atoms with E-state index in [1.165, 1.54) is 31.0 Å². The fraction of sp³-hybridized carbons (Fsp3) is 0.312. The van der Waals surface area contributed by atoms with Gasteiger partial charge in [-0.2, -0.15) is 0 Å². The zero-order valence-corrected chi connectivity index (χ0v) is 11.7. The molecule has 0 saturated carbocycles. The Labute approximate surface area is 123 Å². The molecule has 2 heterocycles. The van der Waals surface area contributed by atoms with Gasteiger partial charge in [-0.15, -0.1) is 0 Å². The number of hydrogen-bond donors (Lipinski definition) is 2. The highest BCUT2D eigenvalue weighted by molar-refractivity contribution is 5.49. The predicted octanol–water partition coefficient (Wildman–Crippen LogP) is 3.14. The van der Waals surface area contributed by atoms with Crippen molar-refractivity contribution in [1.82, 2.24) is 4.98 Å². The minimum absolute atomic E-state index is 0.0885. The van der Waals surface area contributed by atoms with Crippen molar-refractivity contribution in [2.45, 2.75) is 19.4 Å². The molecule has 0 bridgehead atoms. The molecule has 0 atom stereocenters. The van der Waals surface area contributed by atoms with Crippen LogP contribution in [0.15, 0.2) is 36.5 Å². The van der Waals surface area contributed by atoms with Crippen molar-refractivity contribution in [3.63, 3.8) is 0 Å². The molecule has 1 aliphatic rings. The maximum absolute atomic E-state index is 13.1. The van der Waals surface area contributed by atoms with Gasteiger partial charge in [-0.3, -0.25) is 0 Å². The van der Waals surface area contributed by atoms with Gasteiger partial charge in [-0.25, -0.2) is 9.37 Å². The minimum atomic E-state index is -0.355. The molecule has 1 saturated heterocycles. The summed E-state index contributed by atoms with van der Waals surface area (Å²) in [6, 6.07) is 7.87. The molecular weight excluding hydrogens is 269 g/mol. The third-order valence-corrected chi connectivity index (χ3v) is 3.70. The van der Waals surface area contributed by atoms with Crippen LogP contribution < -0.4 is 10.2 Å². The van der Waals surface area contributed by atoms with Gasteiger partial charge in [-0.1, -0.05) is 0 Å². The lowest BCUT2D eigenvalue weighted by atomic mass is 10.2. The molecule has 4 nitrogen and oxygen atoms in total. The molecule has 0 unspecified atom stereocenters. The first-order valence-corrected chi connectivity index (χ1v) is 7.14. The number of nitrogens with zero attached hydrogens (tertiary/aromatic N) is 2. The summed E-state index contributed by atoms with van der Waals surface area (Å²) in [7, 11) is 0. The lowest BCUT2D eigenvalue weighted by Crippen LogP contribution is -2.18. The van der Waals surface area contributed by atoms with E-state index in [4.69, 9.17) is 0 Å². The number of benzene rings is 1. The first kappa shape index (κ1) is 13.7. The van der Waals surface area contributed by atoms with Crippen LogP contribution in [0.1, 0.15) is 18.4 Å². The zero-order chi connectivity index (χ0) is 14.7. The number of anilines is 2. The van der Waals surface area contributed by atoms with Crippen molar-refractivity contribution in [3.05, 3.63) is 47.9 Å². The molecule has 0 aliphatic carbocycles. The van der Waals surface area contributed by atoms with Crippen LogP contribution in [0.3, 0.4) is 0 Å². The Morgan fingerprint density at radius 1 is 1.19 bits per heavy atom. The van der Waals surface area contributed by atoms with Crippen molar-refractivity contribution < 1.29 is 9.50 Å². The third kappa shape index (κ3) is 3.24. The highest BCUT2D eigenvalue weighted by Crippen LogP contribution is 2.21. The fourth-order valence-electron chi connectivity index (χ4n) is 2.52. The van der Waals surface area contributed by atoms with Gasteiger partial charge in [-0.05, 0) is 43.2 Å². The zero-order valence-electron chi connectivity index (χ0n) is 11.7. The second kappa shape index (κ2) is 5.99. The Morgan fingerprint density at radius 3 is 2.71 bits per heavy atom. The van der Waals surface area contributed by atoms with Crippen LogP contribution in [0.2, 0.25) is 0 Å². The van der Waals surface area contributed by atoms with Gasteiger partial charge in [0.15, 0.2) is 0 Å². The van der Waals surface area contributed by atoms with Gasteiger partial charge in [0, 0.05) is 25.2 Å². The normalized spacial score (nSPS) is 14.4. The Balaban J connectivity index is 1.64. The molecule has 0 radical (unpaired) electrons. The highest BCUT2D eigenvalue weighted by Gasteiger charge is 2.12. The molecule has 110 valence electrons. The largest absolute Gasteiger partial charge is 0.508 e. The lowest BCUT2D eigenvalue weighted by Gasteiger charge is -2.16. The van der Waals surface area contributed by atoms with Gasteiger partial charge in [0.1, 0.15) is 17.4 Å². The van der Waals surface area contributed by atoms with Crippen LogP contribution in [-0.2, 0) is 6.54 Å². The number of phenolic OH excluding ortho intramolecular Hbond substituents is 1. The molecular formula is C16H18FN3O. The van der Waals surface area contributed by atoms with Gasteiger partial charge in [0.2, 0.25) is 0 Å². The van der Waals surface area contributed by atoms with E-state index in [-0.39, 0.29) is 11.6 Å². The van der Waals surface area contributed by atoms with E-state index in [0.29, 0.717) is 12.1 Å². The SMILES string of the molecule is Oc1ccc(F)cc1CNc1ccc(N2CCCC2)nc1. The smallest absolute Gasteiger partial charge is 0.128 e. The molecule has 21 heavy (non-hydrogen) atoms. The summed E-state index contributed by atoms with van der Waals surface area (Å²) in [5.41, 5.74) is 1.38. The Morgan fingerprint density at radius 2 is 2.00 bits per heavy atom. The summed E-state index contributed by atoms with van der Waals surface area (Å²) in [6.07, 6.45) is 4.21. The number of nitrogens with one attached hydrogen (secondary N) is 1. The quantitative estimate of drug-likeness (QED) is 0.907. The molecule has 3 rings (SSSR count). The lowest BCUT2D eigenvalue weighted by molar-refractivity contribution is 0.466. The van der Waals surface area contributed by atoms with Crippen LogP contribution in [0.4, 0.5) is 15.9 Å². The molecule has 1 aromatic carbocycles. The van der Waals surface area contributed by atoms with E-state index in [9.17, 15) is 9.50 Å². The standard InChI is InChI=1S/C16H18FN3O/c17-13-3-5-15(21)12(9-13)10-18-14-4-6-16(19-11-14)20-7-1-2-8-20/h3-6,9,11,18,21H,1-2,7-8,10H2. The summed E-state index contributed by atoms with van der Waals surface area (Å²) >= 11 is 0. The summed E-state index contributed by atoms with van der Waals surface area (Å²) in [5, 5.41) is 12.8. The molecule has 0 amide bonds. The van der Waals surface area contributed by atoms with Crippen molar-refractivity contribution in [1.29, 1.82) is 0 Å². The van der Waals surface area contributed by atoms with Crippen molar-refractivity contribution in [2.24, 2.45) is 0 Å². The monoisotopic (exact) mass is 287 g/mol. The van der Waals surface area contributed by atoms with E-state index < -0.39 is 0 Å². The predicted molar refractivity (Wildman–Crippen MR) is 81.1 cm³/mol. The second-order valence-corrected chi connectivity index (χ2v) is 5.23. The van der Waals surface area contributed by atoms with Gasteiger partial charge >= 0.3 is 0 Å². The topological polar surface area (TPSA) is 48.4 Å². The summed E-state index contributed by atoms with van der Waals surface area (Å²) in [6.45, 7) is 2.49. The Kier molecular flexibility index (Phi) is 3.90. The first-order valence-electron chi connectivity index (χ1n) is 7.14. The Bertz CT molecular complexity index is 609. The van der Waals surface area contributed by atoms with Crippen LogP contribution >= 0.6 is 0 Å². The fourth-order valence-corrected chi connectivity index (χ4v) is 2.52. The molecule has 0 spiro atoms. The summed E-state index contributed by atoms with van der Waals surface area (Å²) in [4.78, 5) is 6.71. The molecule has 5 heteroatoms. The molecule has 1 aliphatic heterocycles. The Hall–Kier alpha value is -2.30. The summed E-state index contributed by atoms with van der Waals surface area (Å²) < 4.78 is 13.1. The number of rotatable bonds is 4. The van der Waals surface area contributed by atoms with Crippen LogP contribution in [0.25, 0.3) is 0 Å². The highest BCUT2D eigenvalue weighted by atomic mass is 19.1. The van der Waals surface area contributed by atoms with Gasteiger partial charge < -0.3 is 15.3 Å². The molecule has 2 aromatic rings. The molecule has 2 N–H and O–H groups in total. The van der Waals surface area contributed by atoms with Crippen molar-refractivity contribution in [2.75, 3.05) is 23.3 Å². The van der Waals surface area contributed by atoms with E-state index in [2.05, 4.69) is 15.2 Å². The van der Waals surface area contributed by atoms with E-state index in [1.807, 2.05) is 12.1 Å². The average molecular weight is 287 g/mol. The van der Waals surface area contributed by atoms with Crippen LogP contribution in [0, 0.1) is 5.82 Å². The number of pyridine rings is 1. The maximum Gasteiger partial charge on any atom is 0.128 e. The van der Waals surface area contributed by atoms with Crippen molar-refractivity contribution >= 4 is 11.5 Å². The average Bonchev–Trinajstić information content (AvgIpc) is 3.03. The number of aromatic hydroxyl groups is 1.